The molecule has 0 radical (unpaired) electrons. The third-order valence-corrected chi connectivity index (χ3v) is 13.2. The lowest BCUT2D eigenvalue weighted by Crippen LogP contribution is -2.45. The topological polar surface area (TPSA) is 384 Å². The molecule has 1 aliphatic heterocycles. The second-order valence-electron chi connectivity index (χ2n) is 11.2. The maximum absolute atomic E-state index is 12.4. The first kappa shape index (κ1) is 44.1. The first-order chi connectivity index (χ1) is 23.9. The molecule has 2 aromatic heterocycles. The molecule has 0 spiro atoms. The number of rotatable bonds is 19. The fraction of sp³-hybridized carbons (Fsp3) is 0.636. The van der Waals surface area contributed by atoms with Crippen molar-refractivity contribution in [2.45, 2.75) is 44.6 Å². The molecular formula is C22H36N4O22P4. The van der Waals surface area contributed by atoms with E-state index >= 15 is 0 Å². The molecule has 9 N–H and O–H groups in total. The van der Waals surface area contributed by atoms with Crippen LogP contribution in [0.25, 0.3) is 0 Å². The zero-order chi connectivity index (χ0) is 39.4. The number of aliphatic hydroxyl groups is 3. The Bertz CT molecular complexity index is 1980. The van der Waals surface area contributed by atoms with E-state index in [0.29, 0.717) is 4.57 Å². The summed E-state index contributed by atoms with van der Waals surface area (Å²) in [5.41, 5.74) is -3.40. The molecule has 2 aromatic rings. The van der Waals surface area contributed by atoms with E-state index in [-0.39, 0.29) is 6.61 Å². The Morgan fingerprint density at radius 3 is 1.83 bits per heavy atom. The summed E-state index contributed by atoms with van der Waals surface area (Å²) >= 11 is 0. The van der Waals surface area contributed by atoms with Gasteiger partial charge < -0.3 is 44.4 Å². The molecule has 3 rings (SSSR count). The molecule has 26 nitrogen and oxygen atoms in total. The Labute approximate surface area is 290 Å². The third kappa shape index (κ3) is 12.1. The average molecular weight is 832 g/mol. The SMILES string of the molecule is COC(C(O)C(O)C(C)COP(=O)(O)OP(=O)(O)OP(=O)(O)OP(=O)(O)OC[C@@H](C)C1COC(n2ccc(=O)[nH]c2=O)[C@H]1O)n1ccc(=O)[nH]c1=O. The van der Waals surface area contributed by atoms with Crippen LogP contribution in [0.5, 0.6) is 0 Å². The summed E-state index contributed by atoms with van der Waals surface area (Å²) in [5.74, 6) is -3.10. The molecule has 10 unspecified atom stereocenters. The van der Waals surface area contributed by atoms with Crippen LogP contribution in [0, 0.1) is 17.8 Å². The number of aromatic amines is 2. The van der Waals surface area contributed by atoms with Crippen molar-refractivity contribution in [3.63, 3.8) is 0 Å². The van der Waals surface area contributed by atoms with E-state index in [9.17, 15) is 72.3 Å². The van der Waals surface area contributed by atoms with E-state index in [1.807, 2.05) is 9.97 Å². The minimum atomic E-state index is -6.16. The molecule has 0 amide bonds. The predicted octanol–water partition coefficient (Wildman–Crippen LogP) is -1.78. The number of hydrogen-bond donors (Lipinski definition) is 9. The monoisotopic (exact) mass is 832 g/mol. The lowest BCUT2D eigenvalue weighted by atomic mass is 9.91. The molecule has 3 heterocycles. The molecule has 296 valence electrons. The molecule has 1 aliphatic rings. The van der Waals surface area contributed by atoms with Crippen LogP contribution in [-0.4, -0.2) is 99.2 Å². The van der Waals surface area contributed by atoms with E-state index in [0.717, 1.165) is 43.1 Å². The van der Waals surface area contributed by atoms with Gasteiger partial charge in [-0.3, -0.25) is 37.7 Å². The van der Waals surface area contributed by atoms with Gasteiger partial charge in [0.1, 0.15) is 12.2 Å². The van der Waals surface area contributed by atoms with Crippen molar-refractivity contribution >= 4 is 31.3 Å². The van der Waals surface area contributed by atoms with Crippen molar-refractivity contribution in [2.24, 2.45) is 17.8 Å². The highest BCUT2D eigenvalue weighted by atomic mass is 31.3. The summed E-state index contributed by atoms with van der Waals surface area (Å²) < 4.78 is 81.9. The van der Waals surface area contributed by atoms with E-state index in [1.165, 1.54) is 6.92 Å². The fourth-order valence-corrected chi connectivity index (χ4v) is 9.78. The van der Waals surface area contributed by atoms with Gasteiger partial charge in [-0.1, -0.05) is 13.8 Å². The first-order valence-electron chi connectivity index (χ1n) is 14.4. The van der Waals surface area contributed by atoms with Gasteiger partial charge in [0.2, 0.25) is 0 Å². The number of H-pyrrole nitrogens is 2. The highest BCUT2D eigenvalue weighted by Gasteiger charge is 2.47. The van der Waals surface area contributed by atoms with Crippen LogP contribution in [-0.2, 0) is 49.7 Å². The van der Waals surface area contributed by atoms with Gasteiger partial charge in [-0.05, 0) is 5.92 Å². The third-order valence-electron chi connectivity index (χ3n) is 7.26. The van der Waals surface area contributed by atoms with Crippen LogP contribution < -0.4 is 22.5 Å². The van der Waals surface area contributed by atoms with Crippen molar-refractivity contribution in [3.8, 4) is 0 Å². The summed E-state index contributed by atoms with van der Waals surface area (Å²) in [5, 5.41) is 31.6. The smallest absolute Gasteiger partial charge is 0.390 e. The van der Waals surface area contributed by atoms with Crippen LogP contribution in [0.4, 0.5) is 0 Å². The van der Waals surface area contributed by atoms with Crippen molar-refractivity contribution in [1.29, 1.82) is 0 Å². The Hall–Kier alpha value is -2.28. The number of methoxy groups -OCH3 is 1. The van der Waals surface area contributed by atoms with Gasteiger partial charge >= 0.3 is 42.7 Å². The normalized spacial score (nSPS) is 25.5. The Morgan fingerprint density at radius 2 is 1.31 bits per heavy atom. The average Bonchev–Trinajstić information content (AvgIpc) is 3.38. The van der Waals surface area contributed by atoms with Gasteiger partial charge in [0.05, 0.1) is 25.9 Å². The van der Waals surface area contributed by atoms with E-state index < -0.39 is 116 Å². The molecule has 0 aromatic carbocycles. The number of hydrogen-bond acceptors (Lipinski definition) is 18. The molecule has 52 heavy (non-hydrogen) atoms. The number of phosphoric acid groups is 4. The fourth-order valence-electron chi connectivity index (χ4n) is 4.66. The molecule has 12 atom stereocenters. The Balaban J connectivity index is 1.53. The second-order valence-corrected chi connectivity index (χ2v) is 17.4. The van der Waals surface area contributed by atoms with Crippen LogP contribution in [0.2, 0.25) is 0 Å². The zero-order valence-electron chi connectivity index (χ0n) is 27.0. The van der Waals surface area contributed by atoms with Crippen LogP contribution in [0.1, 0.15) is 26.3 Å². The largest absolute Gasteiger partial charge is 0.490 e. The van der Waals surface area contributed by atoms with Crippen LogP contribution >= 0.6 is 31.3 Å². The van der Waals surface area contributed by atoms with Crippen LogP contribution in [0.15, 0.2) is 43.7 Å². The summed E-state index contributed by atoms with van der Waals surface area (Å²) in [6, 6.07) is 1.91. The van der Waals surface area contributed by atoms with Crippen molar-refractivity contribution in [3.05, 3.63) is 66.2 Å². The quantitative estimate of drug-likeness (QED) is 0.0706. The van der Waals surface area contributed by atoms with Gasteiger partial charge in [0, 0.05) is 43.5 Å². The summed E-state index contributed by atoms with van der Waals surface area (Å²) in [6.45, 7) is 0.469. The second kappa shape index (κ2) is 17.5. The minimum absolute atomic E-state index is 0.224. The Morgan fingerprint density at radius 1 is 0.808 bits per heavy atom. The molecule has 1 saturated heterocycles. The maximum Gasteiger partial charge on any atom is 0.490 e. The van der Waals surface area contributed by atoms with Gasteiger partial charge in [-0.15, -0.1) is 0 Å². The number of aliphatic hydroxyl groups excluding tert-OH is 3. The highest BCUT2D eigenvalue weighted by molar-refractivity contribution is 7.69. The molecule has 0 aliphatic carbocycles. The summed E-state index contributed by atoms with van der Waals surface area (Å²) in [4.78, 5) is 89.9. The molecule has 0 bridgehead atoms. The highest BCUT2D eigenvalue weighted by Crippen LogP contribution is 2.71. The lowest BCUT2D eigenvalue weighted by Gasteiger charge is -2.30. The lowest BCUT2D eigenvalue weighted by molar-refractivity contribution is -0.127. The van der Waals surface area contributed by atoms with E-state index in [1.54, 1.807) is 0 Å². The van der Waals surface area contributed by atoms with Crippen molar-refractivity contribution in [2.75, 3.05) is 26.9 Å². The predicted molar refractivity (Wildman–Crippen MR) is 168 cm³/mol. The van der Waals surface area contributed by atoms with Crippen molar-refractivity contribution in [1.82, 2.24) is 19.1 Å². The number of aromatic nitrogens is 4. The van der Waals surface area contributed by atoms with Crippen LogP contribution in [0.3, 0.4) is 0 Å². The van der Waals surface area contributed by atoms with Gasteiger partial charge in [-0.2, -0.15) is 12.9 Å². The van der Waals surface area contributed by atoms with E-state index in [2.05, 4.69) is 22.0 Å². The van der Waals surface area contributed by atoms with Gasteiger partial charge in [0.25, 0.3) is 11.1 Å². The number of ether oxygens (including phenoxy) is 2. The maximum atomic E-state index is 12.4. The molecular weight excluding hydrogens is 796 g/mol. The first-order valence-corrected chi connectivity index (χ1v) is 20.4. The Kier molecular flexibility index (Phi) is 14.8. The number of nitrogens with one attached hydrogen (secondary N) is 2. The minimum Gasteiger partial charge on any atom is -0.390 e. The number of nitrogens with zero attached hydrogens (tertiary/aromatic N) is 2. The summed E-state index contributed by atoms with van der Waals surface area (Å²) in [7, 11) is -22.6. The van der Waals surface area contributed by atoms with E-state index in [4.69, 9.17) is 9.47 Å². The molecule has 0 saturated carbocycles. The molecule has 1 fully saturated rings. The molecule has 30 heteroatoms. The standard InChI is InChI=1S/C22H36N4O22P4/c1-11(13-10-43-20(17(13)30)26-7-5-15(28)24-22(26)33)8-44-49(34,35)46-51(38,39)48-52(40,41)47-50(36,37)45-9-12(2)16(29)18(31)19(42-3)25-6-4-14(27)23-21(25)32/h4-7,11-13,16-20,29-31H,8-10H2,1-3H3,(H,34,35)(H,36,37)(H,38,39)(H,40,41)(H,23,27,32)(H,24,28,33)/t11-,12?,13?,16?,17+,18?,19?,20?/m1/s1. The van der Waals surface area contributed by atoms with Gasteiger partial charge in [-0.25, -0.2) is 27.8 Å². The van der Waals surface area contributed by atoms with Crippen molar-refractivity contribution < 1.29 is 84.6 Å². The summed E-state index contributed by atoms with van der Waals surface area (Å²) in [6.07, 6.45) is -6.13. The number of phosphoric ester groups is 2. The van der Waals surface area contributed by atoms with Gasteiger partial charge in [0.15, 0.2) is 12.5 Å². The zero-order valence-corrected chi connectivity index (χ0v) is 30.6.